The van der Waals surface area contributed by atoms with Crippen LogP contribution in [0, 0.1) is 27.9 Å². The summed E-state index contributed by atoms with van der Waals surface area (Å²) >= 11 is 0. The lowest BCUT2D eigenvalue weighted by molar-refractivity contribution is -0.384. The topological polar surface area (TPSA) is 153 Å². The van der Waals surface area contributed by atoms with Gasteiger partial charge in [0.1, 0.15) is 29.9 Å². The average Bonchev–Trinajstić information content (AvgIpc) is 3.53. The zero-order valence-electron chi connectivity index (χ0n) is 42.5. The first kappa shape index (κ1) is 51.6. The molecule has 10 rings (SSSR count). The van der Waals surface area contributed by atoms with Crippen molar-refractivity contribution in [2.45, 2.75) is 75.8 Å². The Morgan fingerprint density at radius 3 is 2.29 bits per heavy atom. The number of fused-ring (bicyclic) bond motifs is 4. The second kappa shape index (κ2) is 23.8. The van der Waals surface area contributed by atoms with Crippen LogP contribution in [0.4, 0.5) is 5.69 Å². The second-order valence-electron chi connectivity index (χ2n) is 19.9. The highest BCUT2D eigenvalue weighted by Crippen LogP contribution is 2.62. The monoisotopic (exact) mass is 1020 g/mol. The molecule has 7 aromatic rings. The first-order valence-corrected chi connectivity index (χ1v) is 26.4. The highest BCUT2D eigenvalue weighted by molar-refractivity contribution is 6.03. The third-order valence-corrected chi connectivity index (χ3v) is 15.3. The number of nitro benzene ring substituents is 1. The molecule has 2 N–H and O–H groups in total. The molecule has 1 heterocycles. The third-order valence-electron chi connectivity index (χ3n) is 15.3. The van der Waals surface area contributed by atoms with Gasteiger partial charge in [0.2, 0.25) is 11.7 Å². The van der Waals surface area contributed by atoms with Crippen molar-refractivity contribution in [2.24, 2.45) is 22.9 Å². The molecule has 1 saturated carbocycles. The number of aliphatic hydroxyl groups excluding tert-OH is 2. The van der Waals surface area contributed by atoms with Gasteiger partial charge in [0, 0.05) is 55.9 Å². The normalized spacial score (nSPS) is 21.1. The standard InChI is InChI=1S/C64H63N3O9/c1-2-37-73-64-60(66(42-50-22-14-21-47-18-8-9-23-54(47)50)61(70)34-27-44-25-29-51(30-26-44)67(71)72)41-58(65-74-43-45-15-4-3-5-16-45)56-39-49(20-10-12-35-68)55(24-11-13-36-69)62(63(56)64)57-40-53(32-33-59(57)76-64)75-52-31-28-46-17-6-7-19-48(46)38-52/h2-9,14-19,21-23,25-34,38-40,49,55,60,62-63,68-69H,1,10-13,20,24,35-37,41-43H2/t49-,55+,60-,62+,63+,64+/m0/s1. The van der Waals surface area contributed by atoms with Crippen molar-refractivity contribution in [3.05, 3.63) is 220 Å². The molecule has 12 nitrogen and oxygen atoms in total. The number of rotatable bonds is 22. The van der Waals surface area contributed by atoms with E-state index in [-0.39, 0.29) is 68.7 Å². The second-order valence-corrected chi connectivity index (χ2v) is 19.9. The number of nitro groups is 1. The Bertz CT molecular complexity index is 3280. The van der Waals surface area contributed by atoms with Crippen molar-refractivity contribution in [1.82, 2.24) is 4.90 Å². The number of non-ortho nitro benzene ring substituents is 1. The zero-order chi connectivity index (χ0) is 52.4. The Morgan fingerprint density at radius 1 is 0.803 bits per heavy atom. The minimum absolute atomic E-state index is 0.0150. The Hall–Kier alpha value is -7.90. The molecule has 1 aliphatic heterocycles. The predicted molar refractivity (Wildman–Crippen MR) is 297 cm³/mol. The molecule has 7 aromatic carbocycles. The quantitative estimate of drug-likeness (QED) is 0.0222. The molecule has 2 aliphatic carbocycles. The van der Waals surface area contributed by atoms with Crippen LogP contribution in [0.1, 0.15) is 73.1 Å². The van der Waals surface area contributed by atoms with Crippen molar-refractivity contribution in [3.63, 3.8) is 0 Å². The fourth-order valence-corrected chi connectivity index (χ4v) is 11.8. The van der Waals surface area contributed by atoms with E-state index in [1.54, 1.807) is 24.3 Å². The summed E-state index contributed by atoms with van der Waals surface area (Å²) in [6, 6.07) is 49.5. The van der Waals surface area contributed by atoms with E-state index in [0.29, 0.717) is 41.4 Å². The van der Waals surface area contributed by atoms with E-state index < -0.39 is 22.7 Å². The van der Waals surface area contributed by atoms with E-state index in [2.05, 4.69) is 55.1 Å². The largest absolute Gasteiger partial charge is 0.459 e. The van der Waals surface area contributed by atoms with E-state index >= 15 is 4.79 Å². The molecular weight excluding hydrogens is 955 g/mol. The highest BCUT2D eigenvalue weighted by atomic mass is 16.7. The minimum Gasteiger partial charge on any atom is -0.459 e. The molecule has 1 fully saturated rings. The molecule has 76 heavy (non-hydrogen) atoms. The number of unbranched alkanes of at least 4 members (excludes halogenated alkanes) is 2. The average molecular weight is 1020 g/mol. The minimum atomic E-state index is -1.54. The Morgan fingerprint density at radius 2 is 1.51 bits per heavy atom. The van der Waals surface area contributed by atoms with Crippen LogP contribution in [0.2, 0.25) is 0 Å². The SMILES string of the molecule is C=CCO[C@@]12Oc3ccc(Oc4ccc5ccccc5c4)cc3[C@H]3[C@H](CCCCO)[C@@H](CCCCO)C=C(C(=NOCc4ccccc4)C[C@@H]1N(Cc1cccc4ccccc14)C(=O)C=Cc1ccc([N+](=O)[O-])cc1)[C@H]32. The number of hydrogen-bond acceptors (Lipinski definition) is 10. The number of carbonyl (C=O) groups is 1. The first-order chi connectivity index (χ1) is 37.3. The van der Waals surface area contributed by atoms with Crippen molar-refractivity contribution < 1.29 is 39.0 Å². The fourth-order valence-electron chi connectivity index (χ4n) is 11.8. The summed E-state index contributed by atoms with van der Waals surface area (Å²) in [5.74, 6) is -0.804. The molecule has 6 atom stereocenters. The summed E-state index contributed by atoms with van der Waals surface area (Å²) in [5.41, 5.74) is 4.93. The van der Waals surface area contributed by atoms with Crippen molar-refractivity contribution in [2.75, 3.05) is 19.8 Å². The Labute approximate surface area is 443 Å². The molecule has 0 unspecified atom stereocenters. The molecule has 0 aromatic heterocycles. The molecule has 3 aliphatic rings. The third kappa shape index (κ3) is 11.1. The highest BCUT2D eigenvalue weighted by Gasteiger charge is 2.65. The number of benzene rings is 7. The number of ether oxygens (including phenoxy) is 3. The Balaban J connectivity index is 1.18. The van der Waals surface area contributed by atoms with Gasteiger partial charge in [-0.15, -0.1) is 6.58 Å². The number of allylic oxidation sites excluding steroid dienone is 1. The van der Waals surface area contributed by atoms with Crippen LogP contribution in [0.5, 0.6) is 17.2 Å². The Kier molecular flexibility index (Phi) is 16.1. The lowest BCUT2D eigenvalue weighted by Gasteiger charge is -2.60. The van der Waals surface area contributed by atoms with Gasteiger partial charge in [0.05, 0.1) is 23.2 Å². The molecule has 1 amide bonds. The van der Waals surface area contributed by atoms with Crippen molar-refractivity contribution >= 4 is 44.9 Å². The fraction of sp³-hybridized carbons (Fsp3) is 0.281. The molecule has 0 radical (unpaired) electrons. The van der Waals surface area contributed by atoms with Crippen molar-refractivity contribution in [3.8, 4) is 17.2 Å². The van der Waals surface area contributed by atoms with Crippen LogP contribution < -0.4 is 9.47 Å². The van der Waals surface area contributed by atoms with Gasteiger partial charge in [-0.2, -0.15) is 0 Å². The molecule has 0 spiro atoms. The van der Waals surface area contributed by atoms with Gasteiger partial charge < -0.3 is 34.2 Å². The first-order valence-electron chi connectivity index (χ1n) is 26.4. The summed E-state index contributed by atoms with van der Waals surface area (Å²) < 4.78 is 21.7. The van der Waals surface area contributed by atoms with Gasteiger partial charge in [-0.3, -0.25) is 14.9 Å². The lowest BCUT2D eigenvalue weighted by Crippen LogP contribution is -2.70. The van der Waals surface area contributed by atoms with E-state index in [1.807, 2.05) is 95.9 Å². The number of oxime groups is 1. The van der Waals surface area contributed by atoms with Crippen LogP contribution in [0.3, 0.4) is 0 Å². The molecule has 0 bridgehead atoms. The summed E-state index contributed by atoms with van der Waals surface area (Å²) in [5, 5.41) is 41.1. The van der Waals surface area contributed by atoms with Gasteiger partial charge in [0.15, 0.2) is 0 Å². The van der Waals surface area contributed by atoms with Crippen LogP contribution in [0.15, 0.2) is 193 Å². The smallest absolute Gasteiger partial charge is 0.269 e. The van der Waals surface area contributed by atoms with E-state index in [4.69, 9.17) is 24.2 Å². The van der Waals surface area contributed by atoms with Gasteiger partial charge >= 0.3 is 0 Å². The number of amides is 1. The van der Waals surface area contributed by atoms with Crippen LogP contribution >= 0.6 is 0 Å². The van der Waals surface area contributed by atoms with Gasteiger partial charge in [-0.1, -0.05) is 133 Å². The van der Waals surface area contributed by atoms with E-state index in [9.17, 15) is 20.3 Å². The molecule has 0 saturated heterocycles. The van der Waals surface area contributed by atoms with Crippen LogP contribution in [-0.4, -0.2) is 63.3 Å². The van der Waals surface area contributed by atoms with E-state index in [0.717, 1.165) is 69.5 Å². The van der Waals surface area contributed by atoms with Gasteiger partial charge in [0.25, 0.3) is 5.69 Å². The van der Waals surface area contributed by atoms with Crippen molar-refractivity contribution in [1.29, 1.82) is 0 Å². The van der Waals surface area contributed by atoms with Gasteiger partial charge in [-0.25, -0.2) is 0 Å². The molecule has 12 heteroatoms. The van der Waals surface area contributed by atoms with Crippen LogP contribution in [-0.2, 0) is 27.5 Å². The predicted octanol–water partition coefficient (Wildman–Crippen LogP) is 13.3. The zero-order valence-corrected chi connectivity index (χ0v) is 42.5. The number of nitrogens with zero attached hydrogens (tertiary/aromatic N) is 3. The maximum absolute atomic E-state index is 15.6. The number of hydrogen-bond donors (Lipinski definition) is 2. The maximum atomic E-state index is 15.6. The van der Waals surface area contributed by atoms with Crippen LogP contribution in [0.25, 0.3) is 27.6 Å². The summed E-state index contributed by atoms with van der Waals surface area (Å²) in [6.45, 7) is 4.72. The van der Waals surface area contributed by atoms with Gasteiger partial charge in [-0.05, 0) is 130 Å². The maximum Gasteiger partial charge on any atom is 0.269 e. The number of carbonyl (C=O) groups excluding carboxylic acids is 1. The lowest BCUT2D eigenvalue weighted by atomic mass is 9.55. The number of aliphatic hydroxyl groups is 2. The summed E-state index contributed by atoms with van der Waals surface area (Å²) in [4.78, 5) is 35.0. The van der Waals surface area contributed by atoms with E-state index in [1.165, 1.54) is 18.2 Å². The molecular formula is C64H63N3O9. The molecule has 388 valence electrons. The summed E-state index contributed by atoms with van der Waals surface area (Å²) in [6.07, 6.45) is 11.8. The summed E-state index contributed by atoms with van der Waals surface area (Å²) in [7, 11) is 0.